The highest BCUT2D eigenvalue weighted by Crippen LogP contribution is 2.14. The fourth-order valence-electron chi connectivity index (χ4n) is 3.65. The molecule has 1 aromatic heterocycles. The number of amides is 2. The van der Waals surface area contributed by atoms with Crippen molar-refractivity contribution in [1.82, 2.24) is 14.8 Å². The number of nitrogens with zero attached hydrogens (tertiary/aromatic N) is 3. The van der Waals surface area contributed by atoms with E-state index in [-0.39, 0.29) is 11.8 Å². The average molecular weight is 427 g/mol. The van der Waals surface area contributed by atoms with E-state index in [9.17, 15) is 9.59 Å². The van der Waals surface area contributed by atoms with Gasteiger partial charge in [-0.3, -0.25) is 19.5 Å². The molecule has 0 atom stereocenters. The lowest BCUT2D eigenvalue weighted by atomic mass is 10.1. The number of nitrogens with one attached hydrogen (secondary N) is 1. The Bertz CT molecular complexity index is 1080. The van der Waals surface area contributed by atoms with E-state index in [0.29, 0.717) is 38.3 Å². The van der Waals surface area contributed by atoms with Crippen LogP contribution in [-0.4, -0.2) is 59.3 Å². The number of anilines is 1. The topological polar surface area (TPSA) is 65.5 Å². The molecule has 0 bridgehead atoms. The van der Waals surface area contributed by atoms with Gasteiger partial charge in [-0.05, 0) is 48.0 Å². The predicted molar refractivity (Wildman–Crippen MR) is 127 cm³/mol. The first-order chi connectivity index (χ1) is 15.7. The lowest BCUT2D eigenvalue weighted by molar-refractivity contribution is -0.117. The van der Waals surface area contributed by atoms with Crippen molar-refractivity contribution in [3.63, 3.8) is 0 Å². The zero-order valence-electron chi connectivity index (χ0n) is 17.9. The lowest BCUT2D eigenvalue weighted by Gasteiger charge is -2.34. The predicted octanol–water partition coefficient (Wildman–Crippen LogP) is 3.65. The maximum absolute atomic E-state index is 13.0. The van der Waals surface area contributed by atoms with Gasteiger partial charge in [-0.2, -0.15) is 0 Å². The van der Waals surface area contributed by atoms with Crippen LogP contribution in [0.3, 0.4) is 0 Å². The van der Waals surface area contributed by atoms with Gasteiger partial charge in [0.05, 0.1) is 12.2 Å². The minimum absolute atomic E-state index is 0.0199. The molecule has 1 aliphatic heterocycles. The summed E-state index contributed by atoms with van der Waals surface area (Å²) in [6.07, 6.45) is 5.65. The number of aromatic nitrogens is 1. The molecule has 0 unspecified atom stereocenters. The monoisotopic (exact) mass is 426 g/mol. The maximum Gasteiger partial charge on any atom is 0.253 e. The second-order valence-corrected chi connectivity index (χ2v) is 7.70. The van der Waals surface area contributed by atoms with Crippen molar-refractivity contribution >= 4 is 29.7 Å². The van der Waals surface area contributed by atoms with Crippen molar-refractivity contribution in [3.05, 3.63) is 95.8 Å². The molecule has 1 N–H and O–H groups in total. The molecule has 162 valence electrons. The van der Waals surface area contributed by atoms with Crippen molar-refractivity contribution in [2.75, 3.05) is 38.0 Å². The third kappa shape index (κ3) is 5.89. The van der Waals surface area contributed by atoms with Crippen molar-refractivity contribution in [2.24, 2.45) is 0 Å². The molecule has 0 radical (unpaired) electrons. The summed E-state index contributed by atoms with van der Waals surface area (Å²) >= 11 is 0. The molecule has 2 heterocycles. The SMILES string of the molecule is O=C(CN1CCN(C(=O)c2cccc(C=Cc3ccccn3)c2)CC1)Nc1ccccc1. The van der Waals surface area contributed by atoms with E-state index < -0.39 is 0 Å². The van der Waals surface area contributed by atoms with Gasteiger partial charge < -0.3 is 10.2 Å². The van der Waals surface area contributed by atoms with E-state index >= 15 is 0 Å². The minimum Gasteiger partial charge on any atom is -0.336 e. The molecule has 0 aliphatic carbocycles. The Kier molecular flexibility index (Phi) is 7.05. The van der Waals surface area contributed by atoms with Crippen LogP contribution in [0, 0.1) is 0 Å². The van der Waals surface area contributed by atoms with Gasteiger partial charge in [0.2, 0.25) is 5.91 Å². The molecule has 1 fully saturated rings. The first-order valence-corrected chi connectivity index (χ1v) is 10.7. The van der Waals surface area contributed by atoms with Gasteiger partial charge in [0, 0.05) is 43.6 Å². The van der Waals surface area contributed by atoms with Crippen LogP contribution < -0.4 is 5.32 Å². The largest absolute Gasteiger partial charge is 0.336 e. The normalized spacial score (nSPS) is 14.4. The Morgan fingerprint density at radius 3 is 2.41 bits per heavy atom. The molecule has 3 aromatic rings. The van der Waals surface area contributed by atoms with Crippen LogP contribution in [0.2, 0.25) is 0 Å². The van der Waals surface area contributed by atoms with Crippen LogP contribution in [0.25, 0.3) is 12.2 Å². The average Bonchev–Trinajstić information content (AvgIpc) is 2.84. The molecule has 4 rings (SSSR count). The van der Waals surface area contributed by atoms with Crippen molar-refractivity contribution < 1.29 is 9.59 Å². The van der Waals surface area contributed by atoms with Gasteiger partial charge in [-0.1, -0.05) is 42.5 Å². The minimum atomic E-state index is -0.0385. The molecule has 2 aromatic carbocycles. The second-order valence-electron chi connectivity index (χ2n) is 7.70. The summed E-state index contributed by atoms with van der Waals surface area (Å²) in [5, 5.41) is 2.91. The number of rotatable bonds is 6. The summed E-state index contributed by atoms with van der Waals surface area (Å²) in [6.45, 7) is 2.88. The number of para-hydroxylation sites is 1. The molecule has 0 saturated carbocycles. The third-order valence-electron chi connectivity index (χ3n) is 5.35. The van der Waals surface area contributed by atoms with Gasteiger partial charge in [-0.15, -0.1) is 0 Å². The van der Waals surface area contributed by atoms with E-state index in [2.05, 4.69) is 15.2 Å². The molecular formula is C26H26N4O2. The van der Waals surface area contributed by atoms with Crippen LogP contribution in [-0.2, 0) is 4.79 Å². The van der Waals surface area contributed by atoms with E-state index in [1.165, 1.54) is 0 Å². The number of hydrogen-bond donors (Lipinski definition) is 1. The molecular weight excluding hydrogens is 400 g/mol. The van der Waals surface area contributed by atoms with Crippen molar-refractivity contribution in [2.45, 2.75) is 0 Å². The van der Waals surface area contributed by atoms with Crippen LogP contribution >= 0.6 is 0 Å². The number of pyridine rings is 1. The third-order valence-corrected chi connectivity index (χ3v) is 5.35. The Labute approximate surface area is 188 Å². The van der Waals surface area contributed by atoms with Gasteiger partial charge in [0.1, 0.15) is 0 Å². The van der Waals surface area contributed by atoms with E-state index in [0.717, 1.165) is 16.9 Å². The zero-order valence-corrected chi connectivity index (χ0v) is 17.9. The van der Waals surface area contributed by atoms with Gasteiger partial charge in [-0.25, -0.2) is 0 Å². The van der Waals surface area contributed by atoms with E-state index in [1.807, 2.05) is 89.8 Å². The van der Waals surface area contributed by atoms with E-state index in [1.54, 1.807) is 6.20 Å². The first kappa shape index (κ1) is 21.5. The standard InChI is InChI=1S/C26H26N4O2/c31-25(28-24-10-2-1-3-11-24)20-29-15-17-30(18-16-29)26(32)22-8-6-7-21(19-22)12-13-23-9-4-5-14-27-23/h1-14,19H,15-18,20H2,(H,28,31). The number of carbonyl (C=O) groups is 2. The molecule has 1 aliphatic rings. The second kappa shape index (κ2) is 10.5. The summed E-state index contributed by atoms with van der Waals surface area (Å²) in [4.78, 5) is 33.5. The van der Waals surface area contributed by atoms with Crippen molar-refractivity contribution in [1.29, 1.82) is 0 Å². The number of benzene rings is 2. The lowest BCUT2D eigenvalue weighted by Crippen LogP contribution is -2.50. The highest BCUT2D eigenvalue weighted by Gasteiger charge is 2.23. The summed E-state index contributed by atoms with van der Waals surface area (Å²) in [5.41, 5.74) is 3.29. The summed E-state index contributed by atoms with van der Waals surface area (Å²) in [6, 6.07) is 22.8. The summed E-state index contributed by atoms with van der Waals surface area (Å²) < 4.78 is 0. The Balaban J connectivity index is 1.29. The highest BCUT2D eigenvalue weighted by molar-refractivity contribution is 5.95. The maximum atomic E-state index is 13.0. The summed E-state index contributed by atoms with van der Waals surface area (Å²) in [5.74, 6) is -0.0187. The molecule has 6 nitrogen and oxygen atoms in total. The smallest absolute Gasteiger partial charge is 0.253 e. The van der Waals surface area contributed by atoms with Crippen molar-refractivity contribution in [3.8, 4) is 0 Å². The Morgan fingerprint density at radius 1 is 0.875 bits per heavy atom. The number of piperazine rings is 1. The van der Waals surface area contributed by atoms with Crippen LogP contribution in [0.1, 0.15) is 21.6 Å². The molecule has 2 amide bonds. The molecule has 32 heavy (non-hydrogen) atoms. The van der Waals surface area contributed by atoms with Crippen LogP contribution in [0.5, 0.6) is 0 Å². The zero-order chi connectivity index (χ0) is 22.2. The molecule has 1 saturated heterocycles. The quantitative estimate of drug-likeness (QED) is 0.654. The fraction of sp³-hybridized carbons (Fsp3) is 0.192. The van der Waals surface area contributed by atoms with Crippen LogP contribution in [0.15, 0.2) is 79.0 Å². The van der Waals surface area contributed by atoms with Gasteiger partial charge in [0.25, 0.3) is 5.91 Å². The summed E-state index contributed by atoms with van der Waals surface area (Å²) in [7, 11) is 0. The number of hydrogen-bond acceptors (Lipinski definition) is 4. The fourth-order valence-corrected chi connectivity index (χ4v) is 3.65. The number of carbonyl (C=O) groups excluding carboxylic acids is 2. The Morgan fingerprint density at radius 2 is 1.66 bits per heavy atom. The Hall–Kier alpha value is -3.77. The van der Waals surface area contributed by atoms with Gasteiger partial charge >= 0.3 is 0 Å². The first-order valence-electron chi connectivity index (χ1n) is 10.7. The highest BCUT2D eigenvalue weighted by atomic mass is 16.2. The van der Waals surface area contributed by atoms with E-state index in [4.69, 9.17) is 0 Å². The van der Waals surface area contributed by atoms with Crippen LogP contribution in [0.4, 0.5) is 5.69 Å². The molecule has 6 heteroatoms. The van der Waals surface area contributed by atoms with Gasteiger partial charge in [0.15, 0.2) is 0 Å². The molecule has 0 spiro atoms.